The van der Waals surface area contributed by atoms with Crippen LogP contribution in [0.4, 0.5) is 0 Å². The summed E-state index contributed by atoms with van der Waals surface area (Å²) in [5.41, 5.74) is 1.56. The van der Waals surface area contributed by atoms with E-state index in [1.54, 1.807) is 13.8 Å². The first-order chi connectivity index (χ1) is 5.54. The standard InChI is InChI=1S/C8H8BrNO2/c1-4-6(8(11)12)3-10-5(2)7(4)9/h3H,1-2H3,(H,11,12)/p-1. The number of aromatic carboxylic acids is 1. The van der Waals surface area contributed by atoms with Crippen LogP contribution in [0.25, 0.3) is 0 Å². The van der Waals surface area contributed by atoms with E-state index in [2.05, 4.69) is 20.9 Å². The summed E-state index contributed by atoms with van der Waals surface area (Å²) < 4.78 is 0.726. The van der Waals surface area contributed by atoms with E-state index < -0.39 is 5.97 Å². The molecule has 0 N–H and O–H groups in total. The lowest BCUT2D eigenvalue weighted by Crippen LogP contribution is -2.23. The monoisotopic (exact) mass is 228 g/mol. The summed E-state index contributed by atoms with van der Waals surface area (Å²) in [6.07, 6.45) is 1.31. The minimum absolute atomic E-state index is 0.132. The van der Waals surface area contributed by atoms with Gasteiger partial charge in [0.1, 0.15) is 0 Å². The van der Waals surface area contributed by atoms with Gasteiger partial charge in [-0.3, -0.25) is 4.98 Å². The Morgan fingerprint density at radius 3 is 2.67 bits per heavy atom. The Bertz CT molecular complexity index is 336. The van der Waals surface area contributed by atoms with Gasteiger partial charge in [0.05, 0.1) is 11.7 Å². The molecular formula is C8H7BrNO2-. The molecule has 0 fully saturated rings. The topological polar surface area (TPSA) is 53.0 Å². The van der Waals surface area contributed by atoms with E-state index in [0.717, 1.165) is 10.2 Å². The number of carbonyl (C=O) groups excluding carboxylic acids is 1. The molecule has 0 radical (unpaired) electrons. The van der Waals surface area contributed by atoms with Gasteiger partial charge >= 0.3 is 0 Å². The molecule has 0 saturated heterocycles. The summed E-state index contributed by atoms with van der Waals surface area (Å²) in [7, 11) is 0. The fourth-order valence-electron chi connectivity index (χ4n) is 0.910. The van der Waals surface area contributed by atoms with Crippen LogP contribution in [0.3, 0.4) is 0 Å². The lowest BCUT2D eigenvalue weighted by Gasteiger charge is -2.08. The van der Waals surface area contributed by atoms with Crippen molar-refractivity contribution in [2.45, 2.75) is 13.8 Å². The zero-order chi connectivity index (χ0) is 9.30. The number of pyridine rings is 1. The molecule has 0 aromatic carbocycles. The van der Waals surface area contributed by atoms with E-state index in [4.69, 9.17) is 0 Å². The van der Waals surface area contributed by atoms with Crippen molar-refractivity contribution in [2.24, 2.45) is 0 Å². The average molecular weight is 229 g/mol. The molecule has 3 nitrogen and oxygen atoms in total. The lowest BCUT2D eigenvalue weighted by molar-refractivity contribution is -0.255. The van der Waals surface area contributed by atoms with Gasteiger partial charge in [-0.25, -0.2) is 0 Å². The Labute approximate surface area is 78.6 Å². The highest BCUT2D eigenvalue weighted by Crippen LogP contribution is 2.21. The van der Waals surface area contributed by atoms with Crippen LogP contribution in [0.2, 0.25) is 0 Å². The summed E-state index contributed by atoms with van der Waals surface area (Å²) >= 11 is 3.24. The summed E-state index contributed by atoms with van der Waals surface area (Å²) in [5.74, 6) is -1.19. The van der Waals surface area contributed by atoms with Crippen molar-refractivity contribution in [2.75, 3.05) is 0 Å². The second kappa shape index (κ2) is 3.23. The number of hydrogen-bond acceptors (Lipinski definition) is 3. The molecule has 64 valence electrons. The second-order valence-electron chi connectivity index (χ2n) is 2.48. The SMILES string of the molecule is Cc1ncc(C(=O)[O-])c(C)c1Br. The maximum absolute atomic E-state index is 10.5. The van der Waals surface area contributed by atoms with Crippen molar-refractivity contribution < 1.29 is 9.90 Å². The van der Waals surface area contributed by atoms with Gasteiger partial charge in [0.2, 0.25) is 0 Å². The van der Waals surface area contributed by atoms with Crippen molar-refractivity contribution in [3.8, 4) is 0 Å². The van der Waals surface area contributed by atoms with Gasteiger partial charge in [0.25, 0.3) is 0 Å². The Hall–Kier alpha value is -0.900. The molecule has 0 spiro atoms. The van der Waals surface area contributed by atoms with Crippen LogP contribution in [0.5, 0.6) is 0 Å². The van der Waals surface area contributed by atoms with Crippen molar-refractivity contribution >= 4 is 21.9 Å². The van der Waals surface area contributed by atoms with Crippen LogP contribution in [-0.4, -0.2) is 11.0 Å². The molecular weight excluding hydrogens is 222 g/mol. The molecule has 4 heteroatoms. The maximum Gasteiger partial charge on any atom is 0.0733 e. The molecule has 0 aliphatic heterocycles. The molecule has 1 aromatic rings. The summed E-state index contributed by atoms with van der Waals surface area (Å²) in [6.45, 7) is 3.51. The number of carbonyl (C=O) groups is 1. The van der Waals surface area contributed by atoms with E-state index in [1.807, 2.05) is 0 Å². The van der Waals surface area contributed by atoms with Crippen LogP contribution in [0, 0.1) is 13.8 Å². The normalized spacial score (nSPS) is 9.92. The number of hydrogen-bond donors (Lipinski definition) is 0. The van der Waals surface area contributed by atoms with Gasteiger partial charge in [-0.1, -0.05) is 0 Å². The molecule has 0 unspecified atom stereocenters. The number of rotatable bonds is 1. The van der Waals surface area contributed by atoms with E-state index in [9.17, 15) is 9.90 Å². The first-order valence-corrected chi connectivity index (χ1v) is 4.16. The first-order valence-electron chi connectivity index (χ1n) is 3.37. The molecule has 0 saturated carbocycles. The summed E-state index contributed by atoms with van der Waals surface area (Å²) in [5, 5.41) is 10.5. The quantitative estimate of drug-likeness (QED) is 0.716. The molecule has 0 aliphatic rings. The number of nitrogens with zero attached hydrogens (tertiary/aromatic N) is 1. The Balaban J connectivity index is 3.36. The van der Waals surface area contributed by atoms with Crippen LogP contribution < -0.4 is 5.11 Å². The molecule has 1 rings (SSSR count). The zero-order valence-electron chi connectivity index (χ0n) is 6.72. The van der Waals surface area contributed by atoms with Gasteiger partial charge < -0.3 is 9.90 Å². The lowest BCUT2D eigenvalue weighted by atomic mass is 10.1. The third-order valence-electron chi connectivity index (χ3n) is 1.66. The highest BCUT2D eigenvalue weighted by Gasteiger charge is 2.05. The summed E-state index contributed by atoms with van der Waals surface area (Å²) in [6, 6.07) is 0. The second-order valence-corrected chi connectivity index (χ2v) is 3.28. The van der Waals surface area contributed by atoms with E-state index >= 15 is 0 Å². The third-order valence-corrected chi connectivity index (χ3v) is 2.83. The van der Waals surface area contributed by atoms with Crippen LogP contribution in [0.1, 0.15) is 21.6 Å². The number of carboxylic acids is 1. The third kappa shape index (κ3) is 1.48. The molecule has 12 heavy (non-hydrogen) atoms. The fraction of sp³-hybridized carbons (Fsp3) is 0.250. The number of carboxylic acid groups (broad SMARTS) is 1. The molecule has 0 bridgehead atoms. The first kappa shape index (κ1) is 9.19. The maximum atomic E-state index is 10.5. The smallest absolute Gasteiger partial charge is 0.0733 e. The fourth-order valence-corrected chi connectivity index (χ4v) is 1.23. The van der Waals surface area contributed by atoms with E-state index in [0.29, 0.717) is 5.56 Å². The average Bonchev–Trinajstić information content (AvgIpc) is 2.00. The van der Waals surface area contributed by atoms with E-state index in [1.165, 1.54) is 6.20 Å². The van der Waals surface area contributed by atoms with Crippen molar-refractivity contribution in [3.05, 3.63) is 27.5 Å². The minimum Gasteiger partial charge on any atom is -0.545 e. The molecule has 1 aromatic heterocycles. The molecule has 0 atom stereocenters. The van der Waals surface area contributed by atoms with Crippen LogP contribution in [-0.2, 0) is 0 Å². The predicted molar refractivity (Wildman–Crippen MR) is 45.7 cm³/mol. The van der Waals surface area contributed by atoms with Gasteiger partial charge in [-0.2, -0.15) is 0 Å². The number of halogens is 1. The Kier molecular flexibility index (Phi) is 2.47. The van der Waals surface area contributed by atoms with Crippen LogP contribution >= 0.6 is 15.9 Å². The minimum atomic E-state index is -1.19. The van der Waals surface area contributed by atoms with Gasteiger partial charge in [0, 0.05) is 16.2 Å². The number of aromatic nitrogens is 1. The molecule has 0 aliphatic carbocycles. The van der Waals surface area contributed by atoms with Crippen LogP contribution in [0.15, 0.2) is 10.7 Å². The zero-order valence-corrected chi connectivity index (χ0v) is 8.31. The van der Waals surface area contributed by atoms with Gasteiger partial charge in [-0.05, 0) is 35.3 Å². The summed E-state index contributed by atoms with van der Waals surface area (Å²) in [4.78, 5) is 14.4. The Morgan fingerprint density at radius 1 is 1.58 bits per heavy atom. The van der Waals surface area contributed by atoms with Crippen molar-refractivity contribution in [3.63, 3.8) is 0 Å². The predicted octanol–water partition coefficient (Wildman–Crippen LogP) is 0.824. The highest BCUT2D eigenvalue weighted by molar-refractivity contribution is 9.10. The van der Waals surface area contributed by atoms with Gasteiger partial charge in [0.15, 0.2) is 0 Å². The van der Waals surface area contributed by atoms with Crippen molar-refractivity contribution in [1.82, 2.24) is 4.98 Å². The van der Waals surface area contributed by atoms with E-state index in [-0.39, 0.29) is 5.56 Å². The highest BCUT2D eigenvalue weighted by atomic mass is 79.9. The van der Waals surface area contributed by atoms with Gasteiger partial charge in [-0.15, -0.1) is 0 Å². The number of aryl methyl sites for hydroxylation is 1. The van der Waals surface area contributed by atoms with Crippen molar-refractivity contribution in [1.29, 1.82) is 0 Å². The molecule has 1 heterocycles. The Morgan fingerprint density at radius 2 is 2.17 bits per heavy atom. The molecule has 0 amide bonds. The largest absolute Gasteiger partial charge is 0.545 e.